The summed E-state index contributed by atoms with van der Waals surface area (Å²) in [6.07, 6.45) is 0.683. The van der Waals surface area contributed by atoms with E-state index < -0.39 is 0 Å². The highest BCUT2D eigenvalue weighted by molar-refractivity contribution is 4.73. The minimum absolute atomic E-state index is 0.134. The Bertz CT molecular complexity index is 97.1. The molecule has 9 heavy (non-hydrogen) atoms. The summed E-state index contributed by atoms with van der Waals surface area (Å²) in [5.74, 6) is 5.85. The van der Waals surface area contributed by atoms with Crippen LogP contribution in [0.5, 0.6) is 0 Å². The molecule has 1 rings (SSSR count). The quantitative estimate of drug-likeness (QED) is 0.437. The van der Waals surface area contributed by atoms with Gasteiger partial charge in [0.25, 0.3) is 0 Å². The van der Waals surface area contributed by atoms with Crippen molar-refractivity contribution in [3.63, 3.8) is 0 Å². The zero-order chi connectivity index (χ0) is 6.85. The number of hydrogen-bond donors (Lipinski definition) is 2. The molecule has 1 fully saturated rings. The van der Waals surface area contributed by atoms with Crippen LogP contribution in [0, 0.1) is 5.92 Å². The van der Waals surface area contributed by atoms with Crippen molar-refractivity contribution in [2.75, 3.05) is 13.1 Å². The van der Waals surface area contributed by atoms with Gasteiger partial charge in [0.05, 0.1) is 6.10 Å². The number of hydrogen-bond acceptors (Lipinski definition) is 3. The van der Waals surface area contributed by atoms with Crippen molar-refractivity contribution >= 4 is 0 Å². The number of hydrazine groups is 1. The number of nitrogens with zero attached hydrogens (tertiary/aromatic N) is 1. The van der Waals surface area contributed by atoms with Crippen LogP contribution < -0.4 is 5.84 Å². The van der Waals surface area contributed by atoms with Gasteiger partial charge in [-0.25, -0.2) is 5.01 Å². The molecule has 0 saturated carbocycles. The summed E-state index contributed by atoms with van der Waals surface area (Å²) in [4.78, 5) is 0. The summed E-state index contributed by atoms with van der Waals surface area (Å²) >= 11 is 0. The van der Waals surface area contributed by atoms with E-state index in [-0.39, 0.29) is 6.10 Å². The molecule has 0 unspecified atom stereocenters. The van der Waals surface area contributed by atoms with Crippen LogP contribution in [0.25, 0.3) is 0 Å². The van der Waals surface area contributed by atoms with Gasteiger partial charge in [-0.05, 0) is 12.3 Å². The Kier molecular flexibility index (Phi) is 2.05. The van der Waals surface area contributed by atoms with E-state index in [1.165, 1.54) is 0 Å². The van der Waals surface area contributed by atoms with Crippen molar-refractivity contribution in [1.29, 1.82) is 0 Å². The lowest BCUT2D eigenvalue weighted by molar-refractivity contribution is 0.0350. The van der Waals surface area contributed by atoms with Gasteiger partial charge in [-0.1, -0.05) is 6.92 Å². The van der Waals surface area contributed by atoms with Gasteiger partial charge >= 0.3 is 0 Å². The molecule has 1 aliphatic heterocycles. The van der Waals surface area contributed by atoms with E-state index in [9.17, 15) is 5.11 Å². The maximum absolute atomic E-state index is 9.21. The molecule has 1 saturated heterocycles. The molecule has 0 spiro atoms. The summed E-state index contributed by atoms with van der Waals surface area (Å²) in [6, 6.07) is 0. The van der Waals surface area contributed by atoms with Gasteiger partial charge in [0.15, 0.2) is 0 Å². The average Bonchev–Trinajstić information content (AvgIpc) is 1.80. The normalized spacial score (nSPS) is 39.0. The summed E-state index contributed by atoms with van der Waals surface area (Å²) in [7, 11) is 0. The lowest BCUT2D eigenvalue weighted by Gasteiger charge is -2.30. The van der Waals surface area contributed by atoms with Gasteiger partial charge in [-0.3, -0.25) is 5.84 Å². The molecule has 2 atom stereocenters. The number of piperidine rings is 1. The van der Waals surface area contributed by atoms with Crippen LogP contribution in [0.2, 0.25) is 0 Å². The molecular formula is C6H14N2O. The van der Waals surface area contributed by atoms with Crippen LogP contribution in [0.1, 0.15) is 13.3 Å². The highest BCUT2D eigenvalue weighted by atomic mass is 16.3. The molecule has 0 radical (unpaired) electrons. The van der Waals surface area contributed by atoms with E-state index in [0.717, 1.165) is 19.5 Å². The Labute approximate surface area is 55.4 Å². The average molecular weight is 130 g/mol. The van der Waals surface area contributed by atoms with Crippen molar-refractivity contribution < 1.29 is 5.11 Å². The summed E-state index contributed by atoms with van der Waals surface area (Å²) in [6.45, 7) is 3.66. The Morgan fingerprint density at radius 1 is 1.67 bits per heavy atom. The molecule has 0 aromatic heterocycles. The van der Waals surface area contributed by atoms with Gasteiger partial charge < -0.3 is 5.11 Å². The Morgan fingerprint density at radius 2 is 2.33 bits per heavy atom. The van der Waals surface area contributed by atoms with Crippen LogP contribution in [0.15, 0.2) is 0 Å². The Morgan fingerprint density at radius 3 is 2.78 bits per heavy atom. The molecule has 0 aromatic rings. The van der Waals surface area contributed by atoms with Crippen LogP contribution >= 0.6 is 0 Å². The van der Waals surface area contributed by atoms with E-state index in [1.54, 1.807) is 5.01 Å². The Hall–Kier alpha value is -0.120. The van der Waals surface area contributed by atoms with E-state index >= 15 is 0 Å². The molecule has 0 aromatic carbocycles. The van der Waals surface area contributed by atoms with E-state index in [4.69, 9.17) is 5.84 Å². The fourth-order valence-corrected chi connectivity index (χ4v) is 1.17. The van der Waals surface area contributed by atoms with E-state index in [0.29, 0.717) is 5.92 Å². The molecule has 54 valence electrons. The first-order valence-electron chi connectivity index (χ1n) is 3.38. The van der Waals surface area contributed by atoms with Crippen molar-refractivity contribution in [3.05, 3.63) is 0 Å². The molecule has 1 aliphatic rings. The fourth-order valence-electron chi connectivity index (χ4n) is 1.17. The van der Waals surface area contributed by atoms with Gasteiger partial charge in [0.1, 0.15) is 0 Å². The second-order valence-electron chi connectivity index (χ2n) is 2.83. The number of nitrogens with two attached hydrogens (primary N) is 1. The van der Waals surface area contributed by atoms with Crippen molar-refractivity contribution in [2.24, 2.45) is 11.8 Å². The molecule has 1 heterocycles. The third-order valence-electron chi connectivity index (χ3n) is 1.89. The van der Waals surface area contributed by atoms with Gasteiger partial charge in [-0.2, -0.15) is 0 Å². The van der Waals surface area contributed by atoms with Crippen molar-refractivity contribution in [1.82, 2.24) is 5.01 Å². The zero-order valence-electron chi connectivity index (χ0n) is 5.75. The highest BCUT2D eigenvalue weighted by Gasteiger charge is 2.21. The molecule has 3 nitrogen and oxygen atoms in total. The fraction of sp³-hybridized carbons (Fsp3) is 1.00. The summed E-state index contributed by atoms with van der Waals surface area (Å²) < 4.78 is 0. The van der Waals surface area contributed by atoms with Crippen LogP contribution in [0.4, 0.5) is 0 Å². The summed E-state index contributed by atoms with van der Waals surface area (Å²) in [5, 5.41) is 11.0. The third kappa shape index (κ3) is 1.64. The largest absolute Gasteiger partial charge is 0.393 e. The lowest BCUT2D eigenvalue weighted by Crippen LogP contribution is -2.45. The third-order valence-corrected chi connectivity index (χ3v) is 1.89. The van der Waals surface area contributed by atoms with Crippen molar-refractivity contribution in [2.45, 2.75) is 19.4 Å². The highest BCUT2D eigenvalue weighted by Crippen LogP contribution is 2.12. The maximum atomic E-state index is 9.21. The number of rotatable bonds is 0. The minimum atomic E-state index is -0.134. The zero-order valence-corrected chi connectivity index (χ0v) is 5.75. The maximum Gasteiger partial charge on any atom is 0.0591 e. The van der Waals surface area contributed by atoms with Crippen LogP contribution in [-0.4, -0.2) is 29.3 Å². The van der Waals surface area contributed by atoms with Crippen LogP contribution in [-0.2, 0) is 0 Å². The first kappa shape index (κ1) is 6.99. The van der Waals surface area contributed by atoms with E-state index in [1.807, 2.05) is 6.92 Å². The van der Waals surface area contributed by atoms with Crippen molar-refractivity contribution in [3.8, 4) is 0 Å². The monoisotopic (exact) mass is 130 g/mol. The molecule has 0 amide bonds. The first-order valence-corrected chi connectivity index (χ1v) is 3.38. The standard InChI is InChI=1S/C6H14N2O/c1-5-4-8(7)3-2-6(5)9/h5-6,9H,2-4,7H2,1H3/t5-,6+/m1/s1. The lowest BCUT2D eigenvalue weighted by atomic mass is 9.98. The molecule has 0 bridgehead atoms. The predicted octanol–water partition coefficient (Wildman–Crippen LogP) is -0.437. The van der Waals surface area contributed by atoms with Gasteiger partial charge in [0.2, 0.25) is 0 Å². The first-order chi connectivity index (χ1) is 4.20. The Balaban J connectivity index is 2.35. The number of aliphatic hydroxyl groups excluding tert-OH is 1. The smallest absolute Gasteiger partial charge is 0.0591 e. The molecule has 3 heteroatoms. The summed E-state index contributed by atoms with van der Waals surface area (Å²) in [5.41, 5.74) is 0. The second kappa shape index (κ2) is 2.64. The molecular weight excluding hydrogens is 116 g/mol. The SMILES string of the molecule is C[C@@H]1CN(N)CC[C@@H]1O. The topological polar surface area (TPSA) is 49.5 Å². The molecule has 0 aliphatic carbocycles. The van der Waals surface area contributed by atoms with Crippen LogP contribution in [0.3, 0.4) is 0 Å². The minimum Gasteiger partial charge on any atom is -0.393 e. The number of aliphatic hydroxyl groups is 1. The van der Waals surface area contributed by atoms with Gasteiger partial charge in [-0.15, -0.1) is 0 Å². The predicted molar refractivity (Wildman–Crippen MR) is 35.5 cm³/mol. The van der Waals surface area contributed by atoms with Gasteiger partial charge in [0, 0.05) is 13.1 Å². The molecule has 3 N–H and O–H groups in total. The second-order valence-corrected chi connectivity index (χ2v) is 2.83. The van der Waals surface area contributed by atoms with E-state index in [2.05, 4.69) is 0 Å².